The molecule has 2 aromatic rings. The number of hydrogen-bond donors (Lipinski definition) is 0. The third-order valence-corrected chi connectivity index (χ3v) is 4.19. The molecule has 0 aliphatic heterocycles. The minimum Gasteiger partial charge on any atom is -0.497 e. The van der Waals surface area contributed by atoms with Gasteiger partial charge >= 0.3 is 18.1 Å². The van der Waals surface area contributed by atoms with E-state index >= 15 is 0 Å². The lowest BCUT2D eigenvalue weighted by Gasteiger charge is -2.15. The Bertz CT molecular complexity index is 1010. The molecule has 0 amide bonds. The van der Waals surface area contributed by atoms with Crippen LogP contribution in [0.15, 0.2) is 48.4 Å². The van der Waals surface area contributed by atoms with Gasteiger partial charge in [0.1, 0.15) is 28.9 Å². The monoisotopic (exact) mass is 489 g/mol. The first-order chi connectivity index (χ1) is 15.5. The van der Waals surface area contributed by atoms with Crippen LogP contribution in [0.5, 0.6) is 17.4 Å². The number of benzene rings is 1. The van der Waals surface area contributed by atoms with E-state index in [1.807, 2.05) is 0 Å². The van der Waals surface area contributed by atoms with Gasteiger partial charge in [0.15, 0.2) is 6.10 Å². The van der Waals surface area contributed by atoms with Crippen molar-refractivity contribution in [3.63, 3.8) is 0 Å². The standard InChI is InChI=1S/C21H19ClF3NO7/c1-12(20(28)31-11-16(29-2)9-18(27)30-3)32-14-4-6-15(7-5-14)33-19-17(22)8-13(10-26-19)21(23,24)25/h4-10,12H,11H2,1-3H3/b16-9+. The molecule has 0 saturated carbocycles. The van der Waals surface area contributed by atoms with Crippen LogP contribution in [-0.4, -0.2) is 43.9 Å². The second-order valence-electron chi connectivity index (χ2n) is 6.29. The number of esters is 2. The van der Waals surface area contributed by atoms with Crippen LogP contribution in [0.2, 0.25) is 5.02 Å². The van der Waals surface area contributed by atoms with Crippen molar-refractivity contribution in [3.05, 3.63) is 58.9 Å². The zero-order valence-corrected chi connectivity index (χ0v) is 18.4. The zero-order valence-electron chi connectivity index (χ0n) is 17.6. The molecular weight excluding hydrogens is 471 g/mol. The lowest BCUT2D eigenvalue weighted by atomic mass is 10.3. The average molecular weight is 490 g/mol. The van der Waals surface area contributed by atoms with Crippen molar-refractivity contribution in [2.45, 2.75) is 19.2 Å². The van der Waals surface area contributed by atoms with E-state index < -0.39 is 29.8 Å². The van der Waals surface area contributed by atoms with Gasteiger partial charge in [-0.1, -0.05) is 11.6 Å². The SMILES string of the molecule is COC(=O)/C=C(\COC(=O)C(C)Oc1ccc(Oc2ncc(C(F)(F)F)cc2Cl)cc1)OC. The van der Waals surface area contributed by atoms with Gasteiger partial charge in [-0.25, -0.2) is 14.6 Å². The summed E-state index contributed by atoms with van der Waals surface area (Å²) in [5.74, 6) is -0.991. The summed E-state index contributed by atoms with van der Waals surface area (Å²) >= 11 is 5.82. The summed E-state index contributed by atoms with van der Waals surface area (Å²) in [5.41, 5.74) is -0.997. The van der Waals surface area contributed by atoms with Gasteiger partial charge in [-0.3, -0.25) is 0 Å². The number of aromatic nitrogens is 1. The number of carbonyl (C=O) groups excluding carboxylic acids is 2. The van der Waals surface area contributed by atoms with Gasteiger partial charge in [-0.2, -0.15) is 13.2 Å². The number of pyridine rings is 1. The number of hydrogen-bond acceptors (Lipinski definition) is 8. The fraction of sp³-hybridized carbons (Fsp3) is 0.286. The van der Waals surface area contributed by atoms with Gasteiger partial charge in [-0.05, 0) is 37.3 Å². The summed E-state index contributed by atoms with van der Waals surface area (Å²) in [4.78, 5) is 26.9. The zero-order chi connectivity index (χ0) is 24.6. The number of alkyl halides is 3. The third-order valence-electron chi connectivity index (χ3n) is 3.92. The van der Waals surface area contributed by atoms with Gasteiger partial charge in [0.25, 0.3) is 0 Å². The van der Waals surface area contributed by atoms with Crippen molar-refractivity contribution in [3.8, 4) is 17.4 Å². The van der Waals surface area contributed by atoms with E-state index in [0.717, 1.165) is 6.08 Å². The molecule has 1 heterocycles. The Morgan fingerprint density at radius 3 is 2.30 bits per heavy atom. The second kappa shape index (κ2) is 11.4. The van der Waals surface area contributed by atoms with Gasteiger partial charge < -0.3 is 23.7 Å². The molecule has 2 rings (SSSR count). The minimum absolute atomic E-state index is 0.0828. The molecule has 8 nitrogen and oxygen atoms in total. The fourth-order valence-electron chi connectivity index (χ4n) is 2.22. The Morgan fingerprint density at radius 1 is 1.12 bits per heavy atom. The van der Waals surface area contributed by atoms with Crippen molar-refractivity contribution >= 4 is 23.5 Å². The molecule has 0 bridgehead atoms. The van der Waals surface area contributed by atoms with Crippen LogP contribution in [-0.2, 0) is 30.0 Å². The van der Waals surface area contributed by atoms with Crippen molar-refractivity contribution in [2.75, 3.05) is 20.8 Å². The number of ether oxygens (including phenoxy) is 5. The molecule has 0 radical (unpaired) electrons. The van der Waals surface area contributed by atoms with Crippen LogP contribution in [0.1, 0.15) is 12.5 Å². The summed E-state index contributed by atoms with van der Waals surface area (Å²) in [6, 6.07) is 6.55. The molecule has 12 heteroatoms. The Kier molecular flexibility index (Phi) is 8.92. The van der Waals surface area contributed by atoms with E-state index in [9.17, 15) is 22.8 Å². The highest BCUT2D eigenvalue weighted by atomic mass is 35.5. The molecule has 0 N–H and O–H groups in total. The van der Waals surface area contributed by atoms with E-state index in [2.05, 4.69) is 9.72 Å². The van der Waals surface area contributed by atoms with E-state index in [-0.39, 0.29) is 34.8 Å². The summed E-state index contributed by atoms with van der Waals surface area (Å²) in [7, 11) is 2.50. The van der Waals surface area contributed by atoms with E-state index in [4.69, 9.17) is 30.5 Å². The van der Waals surface area contributed by atoms with Gasteiger partial charge in [-0.15, -0.1) is 0 Å². The van der Waals surface area contributed by atoms with Crippen LogP contribution in [0.4, 0.5) is 13.2 Å². The lowest BCUT2D eigenvalue weighted by molar-refractivity contribution is -0.151. The summed E-state index contributed by atoms with van der Waals surface area (Å²) in [5, 5.41) is -0.307. The Balaban J connectivity index is 1.94. The molecule has 1 aromatic heterocycles. The molecule has 1 aromatic carbocycles. The number of halogens is 4. The van der Waals surface area contributed by atoms with E-state index in [1.54, 1.807) is 0 Å². The largest absolute Gasteiger partial charge is 0.497 e. The number of methoxy groups -OCH3 is 2. The highest BCUT2D eigenvalue weighted by Gasteiger charge is 2.31. The number of rotatable bonds is 9. The van der Waals surface area contributed by atoms with Crippen molar-refractivity contribution in [2.24, 2.45) is 0 Å². The van der Waals surface area contributed by atoms with Crippen molar-refractivity contribution < 1.29 is 46.4 Å². The summed E-state index contributed by atoms with van der Waals surface area (Å²) in [6.45, 7) is 1.15. The molecule has 1 atom stereocenters. The smallest absolute Gasteiger partial charge is 0.417 e. The van der Waals surface area contributed by atoms with Gasteiger partial charge in [0.2, 0.25) is 5.88 Å². The molecule has 33 heavy (non-hydrogen) atoms. The molecular formula is C21H19ClF3NO7. The first-order valence-electron chi connectivity index (χ1n) is 9.20. The van der Waals surface area contributed by atoms with Crippen LogP contribution in [0.25, 0.3) is 0 Å². The predicted octanol–water partition coefficient (Wildman–Crippen LogP) is 4.56. The van der Waals surface area contributed by atoms with Crippen LogP contribution in [0.3, 0.4) is 0 Å². The Morgan fingerprint density at radius 2 is 1.76 bits per heavy atom. The average Bonchev–Trinajstić information content (AvgIpc) is 2.77. The maximum Gasteiger partial charge on any atom is 0.417 e. The predicted molar refractivity (Wildman–Crippen MR) is 109 cm³/mol. The van der Waals surface area contributed by atoms with Gasteiger partial charge in [0.05, 0.1) is 25.9 Å². The highest BCUT2D eigenvalue weighted by Crippen LogP contribution is 2.34. The summed E-state index contributed by atoms with van der Waals surface area (Å²) < 4.78 is 63.3. The van der Waals surface area contributed by atoms with E-state index in [0.29, 0.717) is 12.3 Å². The Hall–Kier alpha value is -3.47. The minimum atomic E-state index is -4.57. The molecule has 0 fully saturated rings. The molecule has 0 aliphatic rings. The molecule has 0 saturated heterocycles. The Labute approximate surface area is 191 Å². The van der Waals surface area contributed by atoms with Crippen LogP contribution in [0, 0.1) is 0 Å². The summed E-state index contributed by atoms with van der Waals surface area (Å²) in [6.07, 6.45) is -3.93. The topological polar surface area (TPSA) is 93.2 Å². The first-order valence-corrected chi connectivity index (χ1v) is 9.57. The van der Waals surface area contributed by atoms with Crippen LogP contribution < -0.4 is 9.47 Å². The van der Waals surface area contributed by atoms with Gasteiger partial charge in [0, 0.05) is 6.20 Å². The molecule has 0 spiro atoms. The normalized spacial score (nSPS) is 12.5. The fourth-order valence-corrected chi connectivity index (χ4v) is 2.42. The lowest BCUT2D eigenvalue weighted by Crippen LogP contribution is -2.27. The van der Waals surface area contributed by atoms with Crippen LogP contribution >= 0.6 is 11.6 Å². The second-order valence-corrected chi connectivity index (χ2v) is 6.70. The van der Waals surface area contributed by atoms with Crippen molar-refractivity contribution in [1.29, 1.82) is 0 Å². The number of carbonyl (C=O) groups is 2. The highest BCUT2D eigenvalue weighted by molar-refractivity contribution is 6.31. The maximum absolute atomic E-state index is 12.7. The number of nitrogens with zero attached hydrogens (tertiary/aromatic N) is 1. The molecule has 178 valence electrons. The quantitative estimate of drug-likeness (QED) is 0.287. The third kappa shape index (κ3) is 7.86. The molecule has 1 unspecified atom stereocenters. The van der Waals surface area contributed by atoms with Crippen molar-refractivity contribution in [1.82, 2.24) is 4.98 Å². The maximum atomic E-state index is 12.7. The molecule has 0 aliphatic carbocycles. The van der Waals surface area contributed by atoms with E-state index in [1.165, 1.54) is 45.4 Å². The first kappa shape index (κ1) is 25.8.